The Hall–Kier alpha value is -0.820. The first-order valence-corrected chi connectivity index (χ1v) is 8.03. The number of rotatable bonds is 5. The monoisotopic (exact) mass is 416 g/mol. The Balaban J connectivity index is 0.00000242. The average Bonchev–Trinajstić information content (AvgIpc) is 2.47. The summed E-state index contributed by atoms with van der Waals surface area (Å²) in [5.41, 5.74) is 8.20. The molecule has 1 aromatic rings. The van der Waals surface area contributed by atoms with Crippen LogP contribution in [0.15, 0.2) is 29.3 Å². The minimum atomic E-state index is 0. The molecule has 1 aliphatic rings. The van der Waals surface area contributed by atoms with Crippen LogP contribution in [0.25, 0.3) is 0 Å². The quantitative estimate of drug-likeness (QED) is 0.439. The van der Waals surface area contributed by atoms with E-state index >= 15 is 0 Å². The van der Waals surface area contributed by atoms with Crippen molar-refractivity contribution < 1.29 is 0 Å². The molecule has 0 unspecified atom stereocenters. The third-order valence-corrected chi connectivity index (χ3v) is 4.06. The Bertz CT molecular complexity index is 467. The number of nitrogens with zero attached hydrogens (tertiary/aromatic N) is 2. The molecule has 0 atom stereocenters. The number of anilines is 1. The van der Waals surface area contributed by atoms with Crippen LogP contribution in [0.5, 0.6) is 0 Å². The smallest absolute Gasteiger partial charge is 0.193 e. The number of likely N-dealkylation sites (tertiary alicyclic amines) is 1. The summed E-state index contributed by atoms with van der Waals surface area (Å²) in [4.78, 5) is 7.06. The summed E-state index contributed by atoms with van der Waals surface area (Å²) in [5, 5.41) is 3.17. The highest BCUT2D eigenvalue weighted by molar-refractivity contribution is 14.0. The second kappa shape index (κ2) is 10.0. The number of aryl methyl sites for hydroxylation is 1. The SMILES string of the molecule is CCCN1CCC(CN=C(N)Nc2cccc(C)c2)CC1.I. The molecule has 124 valence electrons. The standard InChI is InChI=1S/C17H28N4.HI/c1-3-9-21-10-7-15(8-11-21)13-19-17(18)20-16-6-4-5-14(2)12-16;/h4-6,12,15H,3,7-11,13H2,1-2H3,(H3,18,19,20);1H. The highest BCUT2D eigenvalue weighted by Gasteiger charge is 2.18. The molecular formula is C17H29IN4. The lowest BCUT2D eigenvalue weighted by Gasteiger charge is -2.30. The second-order valence-electron chi connectivity index (χ2n) is 6.01. The molecule has 1 aliphatic heterocycles. The predicted octanol–water partition coefficient (Wildman–Crippen LogP) is 3.46. The van der Waals surface area contributed by atoms with Gasteiger partial charge in [0.25, 0.3) is 0 Å². The van der Waals surface area contributed by atoms with Gasteiger partial charge in [-0.05, 0) is 69.4 Å². The molecule has 0 aliphatic carbocycles. The first kappa shape index (κ1) is 19.2. The Morgan fingerprint density at radius 1 is 1.36 bits per heavy atom. The number of nitrogens with two attached hydrogens (primary N) is 1. The van der Waals surface area contributed by atoms with Crippen molar-refractivity contribution in [3.05, 3.63) is 29.8 Å². The van der Waals surface area contributed by atoms with Crippen molar-refractivity contribution in [3.8, 4) is 0 Å². The fourth-order valence-electron chi connectivity index (χ4n) is 2.85. The highest BCUT2D eigenvalue weighted by Crippen LogP contribution is 2.17. The summed E-state index contributed by atoms with van der Waals surface area (Å²) >= 11 is 0. The summed E-state index contributed by atoms with van der Waals surface area (Å²) in [6, 6.07) is 8.18. The van der Waals surface area contributed by atoms with Crippen molar-refractivity contribution in [1.29, 1.82) is 0 Å². The number of aliphatic imine (C=N–C) groups is 1. The zero-order valence-corrected chi connectivity index (χ0v) is 16.0. The number of hydrogen-bond acceptors (Lipinski definition) is 2. The van der Waals surface area contributed by atoms with Gasteiger partial charge in [0.15, 0.2) is 5.96 Å². The second-order valence-corrected chi connectivity index (χ2v) is 6.01. The molecule has 1 fully saturated rings. The molecule has 1 saturated heterocycles. The number of guanidine groups is 1. The van der Waals surface area contributed by atoms with E-state index in [2.05, 4.69) is 41.2 Å². The molecule has 0 radical (unpaired) electrons. The van der Waals surface area contributed by atoms with Crippen LogP contribution in [0.1, 0.15) is 31.7 Å². The molecular weight excluding hydrogens is 387 g/mol. The van der Waals surface area contributed by atoms with Gasteiger partial charge in [-0.15, -0.1) is 24.0 Å². The third-order valence-electron chi connectivity index (χ3n) is 4.06. The van der Waals surface area contributed by atoms with Crippen molar-refractivity contribution in [2.45, 2.75) is 33.1 Å². The molecule has 0 aromatic heterocycles. The maximum atomic E-state index is 5.98. The molecule has 4 nitrogen and oxygen atoms in total. The zero-order chi connectivity index (χ0) is 15.1. The lowest BCUT2D eigenvalue weighted by atomic mass is 9.97. The van der Waals surface area contributed by atoms with Crippen LogP contribution in [0.2, 0.25) is 0 Å². The summed E-state index contributed by atoms with van der Waals surface area (Å²) in [6.45, 7) is 8.80. The van der Waals surface area contributed by atoms with Crippen molar-refractivity contribution in [3.63, 3.8) is 0 Å². The Labute approximate surface area is 151 Å². The van der Waals surface area contributed by atoms with E-state index in [9.17, 15) is 0 Å². The number of hydrogen-bond donors (Lipinski definition) is 2. The van der Waals surface area contributed by atoms with Gasteiger partial charge in [-0.1, -0.05) is 19.1 Å². The molecule has 3 N–H and O–H groups in total. The predicted molar refractivity (Wildman–Crippen MR) is 106 cm³/mol. The van der Waals surface area contributed by atoms with E-state index in [4.69, 9.17) is 5.73 Å². The van der Waals surface area contributed by atoms with E-state index in [1.54, 1.807) is 0 Å². The van der Waals surface area contributed by atoms with E-state index in [-0.39, 0.29) is 24.0 Å². The normalized spacial score (nSPS) is 17.1. The Kier molecular flexibility index (Phi) is 8.78. The van der Waals surface area contributed by atoms with Crippen molar-refractivity contribution in [2.24, 2.45) is 16.6 Å². The minimum absolute atomic E-state index is 0. The van der Waals surface area contributed by atoms with Crippen LogP contribution in [0, 0.1) is 12.8 Å². The van der Waals surface area contributed by atoms with E-state index in [0.29, 0.717) is 11.9 Å². The summed E-state index contributed by atoms with van der Waals surface area (Å²) in [6.07, 6.45) is 3.72. The molecule has 1 heterocycles. The lowest BCUT2D eigenvalue weighted by molar-refractivity contribution is 0.188. The molecule has 1 aromatic carbocycles. The fourth-order valence-corrected chi connectivity index (χ4v) is 2.85. The van der Waals surface area contributed by atoms with Gasteiger partial charge in [-0.3, -0.25) is 4.99 Å². The van der Waals surface area contributed by atoms with Gasteiger partial charge < -0.3 is 16.0 Å². The molecule has 2 rings (SSSR count). The molecule has 0 spiro atoms. The number of benzene rings is 1. The maximum absolute atomic E-state index is 5.98. The lowest BCUT2D eigenvalue weighted by Crippen LogP contribution is -2.35. The first-order valence-electron chi connectivity index (χ1n) is 8.03. The van der Waals surface area contributed by atoms with Gasteiger partial charge in [-0.2, -0.15) is 0 Å². The summed E-state index contributed by atoms with van der Waals surface area (Å²) < 4.78 is 0. The largest absolute Gasteiger partial charge is 0.370 e. The van der Waals surface area contributed by atoms with Gasteiger partial charge in [-0.25, -0.2) is 0 Å². The molecule has 0 saturated carbocycles. The third kappa shape index (κ3) is 6.52. The highest BCUT2D eigenvalue weighted by atomic mass is 127. The van der Waals surface area contributed by atoms with Crippen molar-refractivity contribution in [2.75, 3.05) is 31.5 Å². The van der Waals surface area contributed by atoms with Crippen LogP contribution in [0.3, 0.4) is 0 Å². The number of halogens is 1. The fraction of sp³-hybridized carbons (Fsp3) is 0.588. The van der Waals surface area contributed by atoms with Crippen molar-refractivity contribution >= 4 is 35.6 Å². The van der Waals surface area contributed by atoms with Crippen LogP contribution >= 0.6 is 24.0 Å². The van der Waals surface area contributed by atoms with E-state index in [1.165, 1.54) is 44.5 Å². The van der Waals surface area contributed by atoms with Gasteiger partial charge in [0, 0.05) is 12.2 Å². The van der Waals surface area contributed by atoms with Crippen LogP contribution in [0.4, 0.5) is 5.69 Å². The van der Waals surface area contributed by atoms with E-state index < -0.39 is 0 Å². The van der Waals surface area contributed by atoms with Crippen molar-refractivity contribution in [1.82, 2.24) is 4.90 Å². The summed E-state index contributed by atoms with van der Waals surface area (Å²) in [7, 11) is 0. The minimum Gasteiger partial charge on any atom is -0.370 e. The number of piperidine rings is 1. The average molecular weight is 416 g/mol. The Morgan fingerprint density at radius 2 is 2.09 bits per heavy atom. The van der Waals surface area contributed by atoms with E-state index in [1.807, 2.05) is 12.1 Å². The van der Waals surface area contributed by atoms with Crippen LogP contribution in [-0.4, -0.2) is 37.0 Å². The topological polar surface area (TPSA) is 53.6 Å². The molecule has 0 bridgehead atoms. The van der Waals surface area contributed by atoms with Gasteiger partial charge in [0.05, 0.1) is 0 Å². The van der Waals surface area contributed by atoms with E-state index in [0.717, 1.165) is 12.2 Å². The van der Waals surface area contributed by atoms with Gasteiger partial charge >= 0.3 is 0 Å². The van der Waals surface area contributed by atoms with Gasteiger partial charge in [0.1, 0.15) is 0 Å². The molecule has 22 heavy (non-hydrogen) atoms. The summed E-state index contributed by atoms with van der Waals surface area (Å²) in [5.74, 6) is 1.20. The van der Waals surface area contributed by atoms with Crippen LogP contribution in [-0.2, 0) is 0 Å². The zero-order valence-electron chi connectivity index (χ0n) is 13.7. The first-order chi connectivity index (χ1) is 10.2. The molecule has 0 amide bonds. The molecule has 5 heteroatoms. The number of nitrogens with one attached hydrogen (secondary N) is 1. The Morgan fingerprint density at radius 3 is 2.73 bits per heavy atom. The van der Waals surface area contributed by atoms with Gasteiger partial charge in [0.2, 0.25) is 0 Å². The maximum Gasteiger partial charge on any atom is 0.193 e. The van der Waals surface area contributed by atoms with Crippen LogP contribution < -0.4 is 11.1 Å².